The summed E-state index contributed by atoms with van der Waals surface area (Å²) in [7, 11) is 0. The number of amides is 1. The quantitative estimate of drug-likeness (QED) is 0.425. The molecule has 4 rings (SSSR count). The molecule has 0 saturated carbocycles. The fourth-order valence-corrected chi connectivity index (χ4v) is 4.26. The number of hydrogen-bond donors (Lipinski definition) is 1. The van der Waals surface area contributed by atoms with Crippen molar-refractivity contribution in [3.05, 3.63) is 96.1 Å². The number of esters is 1. The van der Waals surface area contributed by atoms with Gasteiger partial charge in [0.2, 0.25) is 0 Å². The summed E-state index contributed by atoms with van der Waals surface area (Å²) in [5.74, 6) is -0.952. The maximum atomic E-state index is 14.1. The Balaban J connectivity index is 1.84. The minimum absolute atomic E-state index is 0.315. The summed E-state index contributed by atoms with van der Waals surface area (Å²) in [5.41, 5.74) is 0.183. The molecule has 6 heteroatoms. The van der Waals surface area contributed by atoms with E-state index in [1.807, 2.05) is 48.5 Å². The van der Waals surface area contributed by atoms with Crippen LogP contribution >= 0.6 is 0 Å². The van der Waals surface area contributed by atoms with Gasteiger partial charge in [-0.25, -0.2) is 5.06 Å². The van der Waals surface area contributed by atoms with Crippen LogP contribution in [0.2, 0.25) is 0 Å². The molecule has 1 atom stereocenters. The molecule has 1 unspecified atom stereocenters. The topological polar surface area (TPSA) is 70.1 Å². The summed E-state index contributed by atoms with van der Waals surface area (Å²) in [4.78, 5) is 28.8. The van der Waals surface area contributed by atoms with Crippen LogP contribution in [0.1, 0.15) is 38.3 Å². The molecule has 33 heavy (non-hydrogen) atoms. The molecule has 0 aromatic heterocycles. The third kappa shape index (κ3) is 4.34. The highest BCUT2D eigenvalue weighted by atomic mass is 16.6. The first-order valence-corrected chi connectivity index (χ1v) is 10.9. The molecule has 0 bridgehead atoms. The molecule has 0 spiro atoms. The smallest absolute Gasteiger partial charge is 0.309 e. The van der Waals surface area contributed by atoms with Gasteiger partial charge in [0.1, 0.15) is 5.60 Å². The standard InChI is InChI=1S/C27H28N2O4/c1-26(2,3)33-24(30)18-27(29(32)21-14-8-5-9-15-21)22-16-10-11-17-23(22)28(25(27)31)19-20-12-6-4-7-13-20/h4-17,32H,18-19H2,1-3H3. The highest BCUT2D eigenvalue weighted by Crippen LogP contribution is 2.48. The van der Waals surface area contributed by atoms with Crippen molar-refractivity contribution in [1.82, 2.24) is 0 Å². The van der Waals surface area contributed by atoms with Crippen molar-refractivity contribution in [2.45, 2.75) is 44.9 Å². The highest BCUT2D eigenvalue weighted by Gasteiger charge is 2.57. The van der Waals surface area contributed by atoms with Gasteiger partial charge < -0.3 is 9.64 Å². The average molecular weight is 445 g/mol. The SMILES string of the molecule is CC(C)(C)OC(=O)CC1(N(O)c2ccccc2)C(=O)N(Cc2ccccc2)c2ccccc21. The van der Waals surface area contributed by atoms with Crippen LogP contribution < -0.4 is 9.96 Å². The molecule has 0 fully saturated rings. The molecule has 1 aliphatic rings. The van der Waals surface area contributed by atoms with E-state index in [4.69, 9.17) is 4.74 Å². The maximum Gasteiger partial charge on any atom is 0.309 e. The fraction of sp³-hybridized carbons (Fsp3) is 0.259. The number of hydroxylamine groups is 1. The first-order valence-electron chi connectivity index (χ1n) is 10.9. The van der Waals surface area contributed by atoms with Gasteiger partial charge in [0.15, 0.2) is 5.54 Å². The van der Waals surface area contributed by atoms with Crippen molar-refractivity contribution >= 4 is 23.3 Å². The lowest BCUT2D eigenvalue weighted by atomic mass is 9.86. The van der Waals surface area contributed by atoms with Crippen LogP contribution in [0.5, 0.6) is 0 Å². The Bertz CT molecular complexity index is 1140. The number of hydrogen-bond acceptors (Lipinski definition) is 5. The Hall–Kier alpha value is -3.64. The number of rotatable bonds is 6. The zero-order chi connectivity index (χ0) is 23.6. The molecule has 1 amide bonds. The van der Waals surface area contributed by atoms with E-state index in [1.165, 1.54) is 0 Å². The molecular weight excluding hydrogens is 416 g/mol. The van der Waals surface area contributed by atoms with Crippen LogP contribution in [-0.4, -0.2) is 22.7 Å². The molecule has 0 radical (unpaired) electrons. The Morgan fingerprint density at radius 1 is 0.939 bits per heavy atom. The third-order valence-electron chi connectivity index (χ3n) is 5.61. The number of anilines is 2. The van der Waals surface area contributed by atoms with Gasteiger partial charge in [0.05, 0.1) is 24.3 Å². The van der Waals surface area contributed by atoms with Crippen LogP contribution in [0.15, 0.2) is 84.9 Å². The Morgan fingerprint density at radius 3 is 2.15 bits per heavy atom. The second kappa shape index (κ2) is 8.71. The summed E-state index contributed by atoms with van der Waals surface area (Å²) in [5, 5.41) is 12.4. The van der Waals surface area contributed by atoms with Crippen molar-refractivity contribution < 1.29 is 19.5 Å². The van der Waals surface area contributed by atoms with E-state index in [9.17, 15) is 14.8 Å². The second-order valence-electron chi connectivity index (χ2n) is 9.16. The zero-order valence-corrected chi connectivity index (χ0v) is 19.1. The van der Waals surface area contributed by atoms with Gasteiger partial charge in [-0.05, 0) is 44.5 Å². The van der Waals surface area contributed by atoms with Crippen molar-refractivity contribution in [1.29, 1.82) is 0 Å². The van der Waals surface area contributed by atoms with Gasteiger partial charge in [-0.15, -0.1) is 0 Å². The number of benzene rings is 3. The lowest BCUT2D eigenvalue weighted by Crippen LogP contribution is -2.54. The molecule has 6 nitrogen and oxygen atoms in total. The molecular formula is C27H28N2O4. The first kappa shape index (κ1) is 22.6. The second-order valence-corrected chi connectivity index (χ2v) is 9.16. The van der Waals surface area contributed by atoms with E-state index in [-0.39, 0.29) is 12.3 Å². The number of para-hydroxylation sites is 2. The Kier molecular flexibility index (Phi) is 5.95. The first-order chi connectivity index (χ1) is 15.7. The van der Waals surface area contributed by atoms with Crippen LogP contribution in [0.3, 0.4) is 0 Å². The van der Waals surface area contributed by atoms with Crippen molar-refractivity contribution in [2.75, 3.05) is 9.96 Å². The summed E-state index contributed by atoms with van der Waals surface area (Å²) in [6, 6.07) is 25.7. The largest absolute Gasteiger partial charge is 0.460 e. The van der Waals surface area contributed by atoms with E-state index in [2.05, 4.69) is 0 Å². The summed E-state index contributed by atoms with van der Waals surface area (Å²) < 4.78 is 5.58. The third-order valence-corrected chi connectivity index (χ3v) is 5.61. The average Bonchev–Trinajstić information content (AvgIpc) is 3.02. The summed E-state index contributed by atoms with van der Waals surface area (Å²) >= 11 is 0. The number of carbonyl (C=O) groups is 2. The number of carbonyl (C=O) groups excluding carboxylic acids is 2. The van der Waals surface area contributed by atoms with Gasteiger partial charge in [-0.1, -0.05) is 66.7 Å². The van der Waals surface area contributed by atoms with E-state index in [1.54, 1.807) is 62.1 Å². The van der Waals surface area contributed by atoms with Crippen LogP contribution in [0.4, 0.5) is 11.4 Å². The molecule has 3 aromatic rings. The molecule has 1 N–H and O–H groups in total. The van der Waals surface area contributed by atoms with E-state index >= 15 is 0 Å². The van der Waals surface area contributed by atoms with Crippen LogP contribution in [-0.2, 0) is 26.4 Å². The van der Waals surface area contributed by atoms with E-state index in [0.717, 1.165) is 10.6 Å². The van der Waals surface area contributed by atoms with Gasteiger partial charge >= 0.3 is 5.97 Å². The highest BCUT2D eigenvalue weighted by molar-refractivity contribution is 6.11. The van der Waals surface area contributed by atoms with Gasteiger partial charge in [-0.2, -0.15) is 0 Å². The van der Waals surface area contributed by atoms with Gasteiger partial charge in [0.25, 0.3) is 5.91 Å². The number of ether oxygens (including phenoxy) is 1. The Labute approximate surface area is 194 Å². The van der Waals surface area contributed by atoms with Crippen LogP contribution in [0, 0.1) is 0 Å². The molecule has 0 aliphatic carbocycles. The van der Waals surface area contributed by atoms with E-state index < -0.39 is 17.1 Å². The summed E-state index contributed by atoms with van der Waals surface area (Å²) in [6.45, 7) is 5.64. The molecule has 0 saturated heterocycles. The molecule has 3 aromatic carbocycles. The molecule has 1 aliphatic heterocycles. The number of nitrogens with zero attached hydrogens (tertiary/aromatic N) is 2. The van der Waals surface area contributed by atoms with Crippen molar-refractivity contribution in [3.63, 3.8) is 0 Å². The van der Waals surface area contributed by atoms with Gasteiger partial charge in [-0.3, -0.25) is 14.8 Å². The zero-order valence-electron chi connectivity index (χ0n) is 19.1. The lowest BCUT2D eigenvalue weighted by molar-refractivity contribution is -0.158. The minimum atomic E-state index is -1.66. The lowest BCUT2D eigenvalue weighted by Gasteiger charge is -2.37. The maximum absolute atomic E-state index is 14.1. The van der Waals surface area contributed by atoms with Crippen molar-refractivity contribution in [3.8, 4) is 0 Å². The summed E-state index contributed by atoms with van der Waals surface area (Å²) in [6.07, 6.45) is -0.337. The van der Waals surface area contributed by atoms with Crippen LogP contribution in [0.25, 0.3) is 0 Å². The predicted molar refractivity (Wildman–Crippen MR) is 127 cm³/mol. The normalized spacial score (nSPS) is 17.6. The predicted octanol–water partition coefficient (Wildman–Crippen LogP) is 5.06. The molecule has 170 valence electrons. The minimum Gasteiger partial charge on any atom is -0.460 e. The fourth-order valence-electron chi connectivity index (χ4n) is 4.26. The van der Waals surface area contributed by atoms with Crippen molar-refractivity contribution in [2.24, 2.45) is 0 Å². The van der Waals surface area contributed by atoms with E-state index in [0.29, 0.717) is 23.5 Å². The number of fused-ring (bicyclic) bond motifs is 1. The van der Waals surface area contributed by atoms with Gasteiger partial charge in [0, 0.05) is 5.56 Å². The monoisotopic (exact) mass is 444 g/mol. The Morgan fingerprint density at radius 2 is 1.52 bits per heavy atom. The molecule has 1 heterocycles.